The summed E-state index contributed by atoms with van der Waals surface area (Å²) in [4.78, 5) is 23.2. The number of hydrogen-bond acceptors (Lipinski definition) is 5. The van der Waals surface area contributed by atoms with Gasteiger partial charge < -0.3 is 24.6 Å². The number of benzene rings is 1. The summed E-state index contributed by atoms with van der Waals surface area (Å²) >= 11 is 0. The number of methoxy groups -OCH3 is 3. The van der Waals surface area contributed by atoms with Crippen LogP contribution in [0.15, 0.2) is 12.1 Å². The van der Waals surface area contributed by atoms with Gasteiger partial charge >= 0.3 is 5.97 Å². The summed E-state index contributed by atoms with van der Waals surface area (Å²) in [7, 11) is 4.28. The molecule has 0 aliphatic rings. The molecule has 0 saturated heterocycles. The van der Waals surface area contributed by atoms with Crippen molar-refractivity contribution in [3.63, 3.8) is 0 Å². The van der Waals surface area contributed by atoms with Crippen molar-refractivity contribution in [2.45, 2.75) is 19.4 Å². The standard InChI is InChI=1S/C14H19NO6/c1-5-9(14(17)18)15-13(16)8-6-7-10(19-2)12(21-4)11(8)20-3/h6-7,9H,5H2,1-4H3,(H,15,16)(H,17,18). The first-order chi connectivity index (χ1) is 9.99. The molecular weight excluding hydrogens is 278 g/mol. The van der Waals surface area contributed by atoms with Gasteiger partial charge in [0.05, 0.1) is 26.9 Å². The van der Waals surface area contributed by atoms with Gasteiger partial charge in [-0.25, -0.2) is 4.79 Å². The second-order valence-corrected chi connectivity index (χ2v) is 4.15. The quantitative estimate of drug-likeness (QED) is 0.788. The molecule has 7 heteroatoms. The Balaban J connectivity index is 3.18. The zero-order valence-electron chi connectivity index (χ0n) is 12.4. The number of ether oxygens (including phenoxy) is 3. The van der Waals surface area contributed by atoms with Crippen LogP contribution in [0.1, 0.15) is 23.7 Å². The lowest BCUT2D eigenvalue weighted by Crippen LogP contribution is -2.40. The Kier molecular flexibility index (Phi) is 5.83. The molecule has 116 valence electrons. The third-order valence-electron chi connectivity index (χ3n) is 2.96. The van der Waals surface area contributed by atoms with Crippen molar-refractivity contribution in [3.05, 3.63) is 17.7 Å². The van der Waals surface area contributed by atoms with E-state index in [1.807, 2.05) is 0 Å². The summed E-state index contributed by atoms with van der Waals surface area (Å²) in [6.45, 7) is 1.67. The van der Waals surface area contributed by atoms with Gasteiger partial charge in [-0.2, -0.15) is 0 Å². The minimum Gasteiger partial charge on any atom is -0.493 e. The monoisotopic (exact) mass is 297 g/mol. The smallest absolute Gasteiger partial charge is 0.326 e. The highest BCUT2D eigenvalue weighted by Crippen LogP contribution is 2.39. The maximum atomic E-state index is 12.2. The van der Waals surface area contributed by atoms with Crippen LogP contribution in [0.3, 0.4) is 0 Å². The van der Waals surface area contributed by atoms with Gasteiger partial charge in [-0.05, 0) is 18.6 Å². The number of aliphatic carboxylic acids is 1. The third-order valence-corrected chi connectivity index (χ3v) is 2.96. The van der Waals surface area contributed by atoms with E-state index in [0.29, 0.717) is 5.75 Å². The minimum atomic E-state index is -1.09. The molecule has 1 amide bonds. The normalized spacial score (nSPS) is 11.4. The zero-order chi connectivity index (χ0) is 16.0. The molecular formula is C14H19NO6. The molecule has 0 radical (unpaired) electrons. The van der Waals surface area contributed by atoms with Gasteiger partial charge in [-0.15, -0.1) is 0 Å². The maximum absolute atomic E-state index is 12.2. The fraction of sp³-hybridized carbons (Fsp3) is 0.429. The molecule has 1 rings (SSSR count). The summed E-state index contributed by atoms with van der Waals surface area (Å²) in [5, 5.41) is 11.4. The van der Waals surface area contributed by atoms with E-state index < -0.39 is 17.9 Å². The summed E-state index contributed by atoms with van der Waals surface area (Å²) in [5.41, 5.74) is 0.176. The van der Waals surface area contributed by atoms with Crippen molar-refractivity contribution in [2.75, 3.05) is 21.3 Å². The fourth-order valence-corrected chi connectivity index (χ4v) is 1.85. The topological polar surface area (TPSA) is 94.1 Å². The van der Waals surface area contributed by atoms with Crippen LogP contribution in [0.5, 0.6) is 17.2 Å². The SMILES string of the molecule is CCC(NC(=O)c1ccc(OC)c(OC)c1OC)C(=O)O. The average Bonchev–Trinajstić information content (AvgIpc) is 2.49. The molecule has 21 heavy (non-hydrogen) atoms. The Morgan fingerprint density at radius 1 is 1.14 bits per heavy atom. The molecule has 1 atom stereocenters. The highest BCUT2D eigenvalue weighted by molar-refractivity contribution is 6.00. The van der Waals surface area contributed by atoms with E-state index in [4.69, 9.17) is 19.3 Å². The Bertz CT molecular complexity index is 528. The van der Waals surface area contributed by atoms with E-state index in [2.05, 4.69) is 5.32 Å². The van der Waals surface area contributed by atoms with E-state index in [0.717, 1.165) is 0 Å². The third kappa shape index (κ3) is 3.56. The summed E-state index contributed by atoms with van der Waals surface area (Å²) in [5.74, 6) is -0.769. The van der Waals surface area contributed by atoms with Crippen LogP contribution in [0.4, 0.5) is 0 Å². The van der Waals surface area contributed by atoms with Crippen molar-refractivity contribution in [3.8, 4) is 17.2 Å². The summed E-state index contributed by atoms with van der Waals surface area (Å²) in [6, 6.07) is 2.08. The molecule has 0 bridgehead atoms. The number of carboxylic acid groups (broad SMARTS) is 1. The largest absolute Gasteiger partial charge is 0.493 e. The van der Waals surface area contributed by atoms with Crippen LogP contribution in [-0.2, 0) is 4.79 Å². The zero-order valence-corrected chi connectivity index (χ0v) is 12.4. The maximum Gasteiger partial charge on any atom is 0.326 e. The van der Waals surface area contributed by atoms with Crippen molar-refractivity contribution in [1.29, 1.82) is 0 Å². The molecule has 0 fully saturated rings. The number of carbonyl (C=O) groups is 2. The molecule has 1 aromatic carbocycles. The van der Waals surface area contributed by atoms with Crippen LogP contribution in [0.2, 0.25) is 0 Å². The van der Waals surface area contributed by atoms with Crippen LogP contribution >= 0.6 is 0 Å². The number of nitrogens with one attached hydrogen (secondary N) is 1. The van der Waals surface area contributed by atoms with Gasteiger partial charge in [-0.1, -0.05) is 6.92 Å². The van der Waals surface area contributed by atoms with Gasteiger partial charge in [0.1, 0.15) is 6.04 Å². The van der Waals surface area contributed by atoms with Crippen molar-refractivity contribution in [2.24, 2.45) is 0 Å². The fourth-order valence-electron chi connectivity index (χ4n) is 1.85. The van der Waals surface area contributed by atoms with Crippen LogP contribution in [0, 0.1) is 0 Å². The number of rotatable bonds is 7. The van der Waals surface area contributed by atoms with Crippen LogP contribution < -0.4 is 19.5 Å². The van der Waals surface area contributed by atoms with Crippen LogP contribution in [0.25, 0.3) is 0 Å². The predicted octanol–water partition coefficient (Wildman–Crippen LogP) is 1.31. The molecule has 0 aliphatic carbocycles. The highest BCUT2D eigenvalue weighted by atomic mass is 16.5. The lowest BCUT2D eigenvalue weighted by atomic mass is 10.1. The van der Waals surface area contributed by atoms with Crippen molar-refractivity contribution < 1.29 is 28.9 Å². The molecule has 0 aliphatic heterocycles. The molecule has 0 heterocycles. The van der Waals surface area contributed by atoms with Gasteiger partial charge in [0.15, 0.2) is 11.5 Å². The van der Waals surface area contributed by atoms with Gasteiger partial charge in [0.2, 0.25) is 5.75 Å². The molecule has 0 spiro atoms. The first-order valence-corrected chi connectivity index (χ1v) is 6.32. The van der Waals surface area contributed by atoms with E-state index in [-0.39, 0.29) is 23.5 Å². The lowest BCUT2D eigenvalue weighted by Gasteiger charge is -2.17. The molecule has 0 aromatic heterocycles. The molecule has 2 N–H and O–H groups in total. The molecule has 7 nitrogen and oxygen atoms in total. The number of carboxylic acids is 1. The minimum absolute atomic E-state index is 0.176. The highest BCUT2D eigenvalue weighted by Gasteiger charge is 2.24. The Hall–Kier alpha value is -2.44. The number of carbonyl (C=O) groups excluding carboxylic acids is 1. The Morgan fingerprint density at radius 2 is 1.76 bits per heavy atom. The van der Waals surface area contributed by atoms with Gasteiger partial charge in [-0.3, -0.25) is 4.79 Å². The second kappa shape index (κ2) is 7.37. The van der Waals surface area contributed by atoms with E-state index in [1.54, 1.807) is 13.0 Å². The van der Waals surface area contributed by atoms with Crippen molar-refractivity contribution in [1.82, 2.24) is 5.32 Å². The van der Waals surface area contributed by atoms with Gasteiger partial charge in [0, 0.05) is 0 Å². The predicted molar refractivity (Wildman–Crippen MR) is 75.3 cm³/mol. The molecule has 0 saturated carbocycles. The van der Waals surface area contributed by atoms with E-state index >= 15 is 0 Å². The summed E-state index contributed by atoms with van der Waals surface area (Å²) in [6.07, 6.45) is 0.274. The molecule has 1 aromatic rings. The lowest BCUT2D eigenvalue weighted by molar-refractivity contribution is -0.139. The summed E-state index contributed by atoms with van der Waals surface area (Å²) < 4.78 is 15.5. The van der Waals surface area contributed by atoms with E-state index in [1.165, 1.54) is 27.4 Å². The first kappa shape index (κ1) is 16.6. The van der Waals surface area contributed by atoms with Crippen LogP contribution in [-0.4, -0.2) is 44.4 Å². The van der Waals surface area contributed by atoms with Gasteiger partial charge in [0.25, 0.3) is 5.91 Å². The van der Waals surface area contributed by atoms with Crippen molar-refractivity contribution >= 4 is 11.9 Å². The second-order valence-electron chi connectivity index (χ2n) is 4.15. The number of amides is 1. The first-order valence-electron chi connectivity index (χ1n) is 6.32. The Labute approximate surface area is 122 Å². The molecule has 1 unspecified atom stereocenters. The average molecular weight is 297 g/mol. The number of hydrogen-bond donors (Lipinski definition) is 2. The van der Waals surface area contributed by atoms with E-state index in [9.17, 15) is 9.59 Å². The Morgan fingerprint density at radius 3 is 2.19 bits per heavy atom.